The molecule has 0 unspecified atom stereocenters. The monoisotopic (exact) mass is 644 g/mol. The SMILES string of the molecule is CCS(=O)(=O)c1ccc(Cl)cc1CNC(=O)c1cc(F)c(CN2CCN(C(=O)CNC(=O)OC(C)(C)C)CC2)c(Cl)c1. The topological polar surface area (TPSA) is 125 Å². The third-order valence-corrected chi connectivity index (χ3v) is 8.87. The van der Waals surface area contributed by atoms with E-state index in [0.717, 1.165) is 6.07 Å². The Kier molecular flexibility index (Phi) is 11.2. The molecule has 10 nitrogen and oxygen atoms in total. The van der Waals surface area contributed by atoms with Gasteiger partial charge in [-0.3, -0.25) is 14.5 Å². The van der Waals surface area contributed by atoms with E-state index in [1.54, 1.807) is 25.7 Å². The van der Waals surface area contributed by atoms with E-state index in [0.29, 0.717) is 36.8 Å². The molecule has 1 heterocycles. The van der Waals surface area contributed by atoms with Gasteiger partial charge in [0, 0.05) is 60.4 Å². The molecule has 0 spiro atoms. The van der Waals surface area contributed by atoms with Crippen LogP contribution in [0.4, 0.5) is 9.18 Å². The molecular formula is C28H35Cl2FN4O6S. The number of carbonyl (C=O) groups is 3. The number of sulfone groups is 1. The van der Waals surface area contributed by atoms with Crippen molar-refractivity contribution < 1.29 is 31.9 Å². The summed E-state index contributed by atoms with van der Waals surface area (Å²) in [6.07, 6.45) is -0.671. The van der Waals surface area contributed by atoms with E-state index in [1.165, 1.54) is 31.2 Å². The second-order valence-corrected chi connectivity index (χ2v) is 13.9. The number of benzene rings is 2. The van der Waals surface area contributed by atoms with E-state index in [4.69, 9.17) is 27.9 Å². The Morgan fingerprint density at radius 1 is 1.02 bits per heavy atom. The van der Waals surface area contributed by atoms with Crippen LogP contribution in [0.5, 0.6) is 0 Å². The highest BCUT2D eigenvalue weighted by Gasteiger charge is 2.25. The highest BCUT2D eigenvalue weighted by atomic mass is 35.5. The Morgan fingerprint density at radius 2 is 1.69 bits per heavy atom. The van der Waals surface area contributed by atoms with Gasteiger partial charge in [-0.2, -0.15) is 0 Å². The van der Waals surface area contributed by atoms with Crippen molar-refractivity contribution in [2.75, 3.05) is 38.5 Å². The molecule has 2 N–H and O–H groups in total. The maximum Gasteiger partial charge on any atom is 0.408 e. The van der Waals surface area contributed by atoms with Gasteiger partial charge in [0.05, 0.1) is 10.6 Å². The number of carbonyl (C=O) groups excluding carboxylic acids is 3. The highest BCUT2D eigenvalue weighted by Crippen LogP contribution is 2.25. The van der Waals surface area contributed by atoms with Crippen molar-refractivity contribution >= 4 is 50.9 Å². The minimum absolute atomic E-state index is 0.0175. The summed E-state index contributed by atoms with van der Waals surface area (Å²) in [4.78, 5) is 40.7. The lowest BCUT2D eigenvalue weighted by molar-refractivity contribution is -0.132. The van der Waals surface area contributed by atoms with Crippen LogP contribution in [0.15, 0.2) is 35.2 Å². The number of hydrogen-bond donors (Lipinski definition) is 2. The molecule has 230 valence electrons. The summed E-state index contributed by atoms with van der Waals surface area (Å²) in [6.45, 7) is 8.23. The van der Waals surface area contributed by atoms with Crippen molar-refractivity contribution in [3.63, 3.8) is 0 Å². The van der Waals surface area contributed by atoms with Gasteiger partial charge in [0.15, 0.2) is 9.84 Å². The molecule has 0 bridgehead atoms. The smallest absolute Gasteiger partial charge is 0.408 e. The Balaban J connectivity index is 1.57. The normalized spacial score (nSPS) is 14.4. The summed E-state index contributed by atoms with van der Waals surface area (Å²) in [5.41, 5.74) is -0.154. The molecule has 0 radical (unpaired) electrons. The van der Waals surface area contributed by atoms with Gasteiger partial charge in [-0.25, -0.2) is 17.6 Å². The summed E-state index contributed by atoms with van der Waals surface area (Å²) in [5.74, 6) is -1.66. The third kappa shape index (κ3) is 9.29. The zero-order valence-electron chi connectivity index (χ0n) is 23.9. The largest absolute Gasteiger partial charge is 0.444 e. The average Bonchev–Trinajstić information content (AvgIpc) is 2.91. The maximum absolute atomic E-state index is 15.1. The number of alkyl carbamates (subject to hydrolysis) is 1. The molecule has 14 heteroatoms. The van der Waals surface area contributed by atoms with Crippen LogP contribution in [-0.4, -0.2) is 80.2 Å². The van der Waals surface area contributed by atoms with E-state index in [9.17, 15) is 22.8 Å². The van der Waals surface area contributed by atoms with Crippen LogP contribution >= 0.6 is 23.2 Å². The molecule has 3 amide bonds. The number of amides is 3. The predicted molar refractivity (Wildman–Crippen MR) is 158 cm³/mol. The fraction of sp³-hybridized carbons (Fsp3) is 0.464. The van der Waals surface area contributed by atoms with Crippen LogP contribution in [0.3, 0.4) is 0 Å². The Labute approximate surface area is 255 Å². The molecule has 1 aliphatic rings. The van der Waals surface area contributed by atoms with Crippen molar-refractivity contribution in [1.29, 1.82) is 0 Å². The zero-order valence-corrected chi connectivity index (χ0v) is 26.3. The summed E-state index contributed by atoms with van der Waals surface area (Å²) in [6, 6.07) is 6.76. The van der Waals surface area contributed by atoms with Crippen LogP contribution in [0.25, 0.3) is 0 Å². The fourth-order valence-electron chi connectivity index (χ4n) is 4.26. The summed E-state index contributed by atoms with van der Waals surface area (Å²) >= 11 is 12.4. The number of rotatable bonds is 9. The Bertz CT molecular complexity index is 1420. The minimum atomic E-state index is -3.55. The quantitative estimate of drug-likeness (QED) is 0.422. The lowest BCUT2D eigenvalue weighted by Gasteiger charge is -2.35. The second-order valence-electron chi connectivity index (χ2n) is 10.8. The second kappa shape index (κ2) is 14.0. The molecule has 42 heavy (non-hydrogen) atoms. The van der Waals surface area contributed by atoms with Gasteiger partial charge in [0.1, 0.15) is 18.0 Å². The maximum atomic E-state index is 15.1. The Morgan fingerprint density at radius 3 is 2.29 bits per heavy atom. The number of piperazine rings is 1. The summed E-state index contributed by atoms with van der Waals surface area (Å²) < 4.78 is 45.1. The van der Waals surface area contributed by atoms with Crippen LogP contribution in [0.2, 0.25) is 10.0 Å². The van der Waals surface area contributed by atoms with Crippen molar-refractivity contribution in [1.82, 2.24) is 20.4 Å². The van der Waals surface area contributed by atoms with Gasteiger partial charge in [0.25, 0.3) is 5.91 Å². The minimum Gasteiger partial charge on any atom is -0.444 e. The van der Waals surface area contributed by atoms with Crippen LogP contribution in [0.1, 0.15) is 49.2 Å². The first-order valence-corrected chi connectivity index (χ1v) is 15.7. The van der Waals surface area contributed by atoms with Gasteiger partial charge < -0.3 is 20.3 Å². The molecule has 0 aromatic heterocycles. The van der Waals surface area contributed by atoms with Crippen LogP contribution < -0.4 is 10.6 Å². The van der Waals surface area contributed by atoms with E-state index < -0.39 is 33.3 Å². The first kappa shape index (κ1) is 33.6. The van der Waals surface area contributed by atoms with Gasteiger partial charge in [0.2, 0.25) is 5.91 Å². The molecule has 1 fully saturated rings. The average molecular weight is 646 g/mol. The molecule has 2 aromatic rings. The number of halogens is 3. The van der Waals surface area contributed by atoms with Crippen molar-refractivity contribution in [3.8, 4) is 0 Å². The zero-order chi connectivity index (χ0) is 31.2. The molecule has 0 aliphatic carbocycles. The van der Waals surface area contributed by atoms with Crippen molar-refractivity contribution in [3.05, 3.63) is 62.9 Å². The van der Waals surface area contributed by atoms with E-state index in [1.807, 2.05) is 4.90 Å². The lowest BCUT2D eigenvalue weighted by Crippen LogP contribution is -2.51. The van der Waals surface area contributed by atoms with Crippen molar-refractivity contribution in [2.24, 2.45) is 0 Å². The Hall–Kier alpha value is -2.93. The first-order valence-electron chi connectivity index (χ1n) is 13.3. The summed E-state index contributed by atoms with van der Waals surface area (Å²) in [7, 11) is -3.55. The van der Waals surface area contributed by atoms with E-state index in [2.05, 4.69) is 10.6 Å². The lowest BCUT2D eigenvalue weighted by atomic mass is 10.1. The first-order chi connectivity index (χ1) is 19.6. The number of ether oxygens (including phenoxy) is 1. The summed E-state index contributed by atoms with van der Waals surface area (Å²) in [5, 5.41) is 5.44. The molecule has 2 aromatic carbocycles. The van der Waals surface area contributed by atoms with Crippen LogP contribution in [0, 0.1) is 5.82 Å². The van der Waals surface area contributed by atoms with Gasteiger partial charge in [-0.15, -0.1) is 0 Å². The standard InChI is InChI=1S/C28H35Cl2FN4O6S/c1-5-42(39,40)24-7-6-20(29)12-19(24)15-32-26(37)18-13-22(30)21(23(31)14-18)17-34-8-10-35(11-9-34)25(36)16-33-27(38)41-28(2,3)4/h6-7,12-14H,5,8-11,15-17H2,1-4H3,(H,32,37)(H,33,38). The van der Waals surface area contributed by atoms with E-state index >= 15 is 4.39 Å². The molecule has 0 atom stereocenters. The van der Waals surface area contributed by atoms with E-state index in [-0.39, 0.29) is 52.3 Å². The molecule has 3 rings (SSSR count). The van der Waals surface area contributed by atoms with Crippen molar-refractivity contribution in [2.45, 2.75) is 51.3 Å². The predicted octanol–water partition coefficient (Wildman–Crippen LogP) is 4.03. The molecule has 0 saturated carbocycles. The van der Waals surface area contributed by atoms with Gasteiger partial charge in [-0.05, 0) is 56.7 Å². The fourth-order valence-corrected chi connectivity index (χ4v) is 5.84. The van der Waals surface area contributed by atoms with Gasteiger partial charge in [-0.1, -0.05) is 30.1 Å². The number of hydrogen-bond acceptors (Lipinski definition) is 7. The highest BCUT2D eigenvalue weighted by molar-refractivity contribution is 7.91. The molecule has 1 saturated heterocycles. The molecular weight excluding hydrogens is 610 g/mol. The van der Waals surface area contributed by atoms with Crippen LogP contribution in [-0.2, 0) is 32.5 Å². The molecule has 1 aliphatic heterocycles. The van der Waals surface area contributed by atoms with Gasteiger partial charge >= 0.3 is 6.09 Å². The number of nitrogens with one attached hydrogen (secondary N) is 2. The third-order valence-electron chi connectivity index (χ3n) is 6.47. The number of nitrogens with zero attached hydrogens (tertiary/aromatic N) is 2.